The third kappa shape index (κ3) is 4.11. The lowest BCUT2D eigenvalue weighted by Crippen LogP contribution is -2.33. The summed E-state index contributed by atoms with van der Waals surface area (Å²) in [5, 5.41) is 3.49. The summed E-state index contributed by atoms with van der Waals surface area (Å²) in [5.41, 5.74) is 7.27. The van der Waals surface area contributed by atoms with Crippen LogP contribution in [0.25, 0.3) is 10.9 Å². The van der Waals surface area contributed by atoms with Crippen LogP contribution in [-0.4, -0.2) is 23.3 Å². The standard InChI is InChI=1S/C19H17N3O3/c20-17(23)11-22-19(24)14-5-2-8-16(10-14)25-12-15-6-1-4-13-7-3-9-21-18(13)15/h1-10H,11-12H2,(H2,20,23)(H,22,24). The lowest BCUT2D eigenvalue weighted by atomic mass is 10.1. The molecular weight excluding hydrogens is 318 g/mol. The van der Waals surface area contributed by atoms with Crippen LogP contribution in [0.3, 0.4) is 0 Å². The zero-order valence-corrected chi connectivity index (χ0v) is 13.4. The van der Waals surface area contributed by atoms with Gasteiger partial charge in [-0.3, -0.25) is 14.6 Å². The predicted molar refractivity (Wildman–Crippen MR) is 94.0 cm³/mol. The number of hydrogen-bond donors (Lipinski definition) is 2. The van der Waals surface area contributed by atoms with E-state index in [-0.39, 0.29) is 12.5 Å². The molecule has 0 saturated carbocycles. The molecule has 0 radical (unpaired) electrons. The fraction of sp³-hybridized carbons (Fsp3) is 0.105. The maximum absolute atomic E-state index is 12.0. The van der Waals surface area contributed by atoms with Crippen molar-refractivity contribution in [2.75, 3.05) is 6.54 Å². The zero-order valence-electron chi connectivity index (χ0n) is 13.4. The minimum Gasteiger partial charge on any atom is -0.489 e. The van der Waals surface area contributed by atoms with Crippen molar-refractivity contribution in [3.05, 3.63) is 71.9 Å². The van der Waals surface area contributed by atoms with Gasteiger partial charge in [-0.1, -0.05) is 30.3 Å². The van der Waals surface area contributed by atoms with Crippen molar-refractivity contribution in [1.29, 1.82) is 0 Å². The van der Waals surface area contributed by atoms with Gasteiger partial charge in [-0.05, 0) is 24.3 Å². The molecule has 3 aromatic rings. The molecule has 2 aromatic carbocycles. The summed E-state index contributed by atoms with van der Waals surface area (Å²) >= 11 is 0. The molecule has 2 amide bonds. The van der Waals surface area contributed by atoms with Crippen molar-refractivity contribution < 1.29 is 14.3 Å². The van der Waals surface area contributed by atoms with Crippen LogP contribution in [0.2, 0.25) is 0 Å². The van der Waals surface area contributed by atoms with Gasteiger partial charge in [0.1, 0.15) is 12.4 Å². The van der Waals surface area contributed by atoms with Crippen LogP contribution in [0.15, 0.2) is 60.8 Å². The van der Waals surface area contributed by atoms with Crippen molar-refractivity contribution in [2.24, 2.45) is 5.73 Å². The van der Waals surface area contributed by atoms with Gasteiger partial charge < -0.3 is 15.8 Å². The van der Waals surface area contributed by atoms with Gasteiger partial charge in [-0.15, -0.1) is 0 Å². The summed E-state index contributed by atoms with van der Waals surface area (Å²) in [6.07, 6.45) is 1.75. The summed E-state index contributed by atoms with van der Waals surface area (Å²) in [6.45, 7) is 0.131. The highest BCUT2D eigenvalue weighted by atomic mass is 16.5. The number of pyridine rings is 1. The Labute approximate surface area is 144 Å². The highest BCUT2D eigenvalue weighted by Gasteiger charge is 2.08. The Morgan fingerprint density at radius 1 is 1.08 bits per heavy atom. The predicted octanol–water partition coefficient (Wildman–Crippen LogP) is 2.03. The SMILES string of the molecule is NC(=O)CNC(=O)c1cccc(OCc2cccc3cccnc23)c1. The first kappa shape index (κ1) is 16.4. The highest BCUT2D eigenvalue weighted by Crippen LogP contribution is 2.19. The minimum absolute atomic E-state index is 0.203. The highest BCUT2D eigenvalue weighted by molar-refractivity contribution is 5.96. The van der Waals surface area contributed by atoms with Crippen LogP contribution < -0.4 is 15.8 Å². The van der Waals surface area contributed by atoms with Gasteiger partial charge in [0.15, 0.2) is 0 Å². The van der Waals surface area contributed by atoms with E-state index in [9.17, 15) is 9.59 Å². The van der Waals surface area contributed by atoms with Crippen LogP contribution in [0.1, 0.15) is 15.9 Å². The molecule has 0 bridgehead atoms. The van der Waals surface area contributed by atoms with Crippen LogP contribution in [0.5, 0.6) is 5.75 Å². The second kappa shape index (κ2) is 7.44. The first-order valence-electron chi connectivity index (χ1n) is 7.75. The number of ether oxygens (including phenoxy) is 1. The summed E-state index contributed by atoms with van der Waals surface area (Å²) in [5.74, 6) is -0.417. The smallest absolute Gasteiger partial charge is 0.251 e. The first-order chi connectivity index (χ1) is 12.1. The molecule has 0 unspecified atom stereocenters. The molecule has 6 nitrogen and oxygen atoms in total. The van der Waals surface area contributed by atoms with Gasteiger partial charge in [0, 0.05) is 22.7 Å². The topological polar surface area (TPSA) is 94.3 Å². The summed E-state index contributed by atoms with van der Waals surface area (Å²) in [7, 11) is 0. The number of rotatable bonds is 6. The van der Waals surface area contributed by atoms with E-state index in [2.05, 4.69) is 10.3 Å². The van der Waals surface area contributed by atoms with Gasteiger partial charge >= 0.3 is 0 Å². The second-order valence-corrected chi connectivity index (χ2v) is 5.46. The Morgan fingerprint density at radius 2 is 1.88 bits per heavy atom. The van der Waals surface area contributed by atoms with E-state index in [0.717, 1.165) is 16.5 Å². The number of primary amides is 1. The lowest BCUT2D eigenvalue weighted by molar-refractivity contribution is -0.117. The van der Waals surface area contributed by atoms with Gasteiger partial charge in [-0.25, -0.2) is 0 Å². The van der Waals surface area contributed by atoms with Crippen LogP contribution in [0, 0.1) is 0 Å². The van der Waals surface area contributed by atoms with E-state index in [4.69, 9.17) is 10.5 Å². The number of aromatic nitrogens is 1. The molecule has 0 aliphatic rings. The fourth-order valence-electron chi connectivity index (χ4n) is 2.44. The van der Waals surface area contributed by atoms with Gasteiger partial charge in [0.05, 0.1) is 12.1 Å². The Morgan fingerprint density at radius 3 is 2.72 bits per heavy atom. The molecule has 25 heavy (non-hydrogen) atoms. The van der Waals surface area contributed by atoms with E-state index < -0.39 is 5.91 Å². The van der Waals surface area contributed by atoms with E-state index in [1.54, 1.807) is 30.5 Å². The molecule has 1 aromatic heterocycles. The number of hydrogen-bond acceptors (Lipinski definition) is 4. The Bertz CT molecular complexity index is 919. The number of nitrogens with zero attached hydrogens (tertiary/aromatic N) is 1. The number of nitrogens with one attached hydrogen (secondary N) is 1. The quantitative estimate of drug-likeness (QED) is 0.720. The number of benzene rings is 2. The molecule has 1 heterocycles. The summed E-state index contributed by atoms with van der Waals surface area (Å²) in [4.78, 5) is 27.1. The molecule has 0 aliphatic carbocycles. The van der Waals surface area contributed by atoms with Gasteiger partial charge in [0.25, 0.3) is 5.91 Å². The fourth-order valence-corrected chi connectivity index (χ4v) is 2.44. The Kier molecular flexibility index (Phi) is 4.89. The van der Waals surface area contributed by atoms with Crippen LogP contribution in [-0.2, 0) is 11.4 Å². The average molecular weight is 335 g/mol. The zero-order chi connectivity index (χ0) is 17.6. The molecule has 6 heteroatoms. The third-order valence-corrected chi connectivity index (χ3v) is 3.63. The van der Waals surface area contributed by atoms with E-state index in [1.165, 1.54) is 0 Å². The number of fused-ring (bicyclic) bond motifs is 1. The van der Waals surface area contributed by atoms with Crippen molar-refractivity contribution in [2.45, 2.75) is 6.61 Å². The van der Waals surface area contributed by atoms with Crippen LogP contribution in [0.4, 0.5) is 0 Å². The molecule has 0 spiro atoms. The number of amides is 2. The Hall–Kier alpha value is -3.41. The monoisotopic (exact) mass is 335 g/mol. The molecular formula is C19H17N3O3. The number of carbonyl (C=O) groups is 2. The van der Waals surface area contributed by atoms with Crippen molar-refractivity contribution in [1.82, 2.24) is 10.3 Å². The van der Waals surface area contributed by atoms with Gasteiger partial charge in [0.2, 0.25) is 5.91 Å². The van der Waals surface area contributed by atoms with Crippen LogP contribution >= 0.6 is 0 Å². The Balaban J connectivity index is 1.72. The minimum atomic E-state index is -0.593. The number of carbonyl (C=O) groups excluding carboxylic acids is 2. The van der Waals surface area contributed by atoms with E-state index >= 15 is 0 Å². The maximum atomic E-state index is 12.0. The second-order valence-electron chi connectivity index (χ2n) is 5.46. The molecule has 3 N–H and O–H groups in total. The van der Waals surface area contributed by atoms with Crippen molar-refractivity contribution in [3.8, 4) is 5.75 Å². The molecule has 0 atom stereocenters. The number of para-hydroxylation sites is 1. The van der Waals surface area contributed by atoms with Crippen molar-refractivity contribution in [3.63, 3.8) is 0 Å². The normalized spacial score (nSPS) is 10.4. The van der Waals surface area contributed by atoms with Crippen molar-refractivity contribution >= 4 is 22.7 Å². The number of nitrogens with two attached hydrogens (primary N) is 1. The van der Waals surface area contributed by atoms with E-state index in [1.807, 2.05) is 30.3 Å². The first-order valence-corrected chi connectivity index (χ1v) is 7.75. The molecule has 3 rings (SSSR count). The van der Waals surface area contributed by atoms with E-state index in [0.29, 0.717) is 17.9 Å². The van der Waals surface area contributed by atoms with Gasteiger partial charge in [-0.2, -0.15) is 0 Å². The maximum Gasteiger partial charge on any atom is 0.251 e. The summed E-state index contributed by atoms with van der Waals surface area (Å²) in [6, 6.07) is 16.5. The molecule has 0 saturated heterocycles. The lowest BCUT2D eigenvalue weighted by Gasteiger charge is -2.10. The average Bonchev–Trinajstić information content (AvgIpc) is 2.64. The molecule has 126 valence electrons. The third-order valence-electron chi connectivity index (χ3n) is 3.63. The summed E-state index contributed by atoms with van der Waals surface area (Å²) < 4.78 is 5.80. The largest absolute Gasteiger partial charge is 0.489 e. The molecule has 0 fully saturated rings. The molecule has 0 aliphatic heterocycles.